The predicted octanol–water partition coefficient (Wildman–Crippen LogP) is 5.46. The van der Waals surface area contributed by atoms with Crippen molar-refractivity contribution in [1.29, 1.82) is 0 Å². The van der Waals surface area contributed by atoms with Gasteiger partial charge >= 0.3 is 6.18 Å². The Bertz CT molecular complexity index is 716. The van der Waals surface area contributed by atoms with E-state index in [-0.39, 0.29) is 12.2 Å². The summed E-state index contributed by atoms with van der Waals surface area (Å²) in [5.74, 6) is 0.790. The van der Waals surface area contributed by atoms with E-state index in [4.69, 9.17) is 9.47 Å². The zero-order valence-electron chi connectivity index (χ0n) is 13.8. The van der Waals surface area contributed by atoms with Gasteiger partial charge in [0.05, 0.1) is 25.9 Å². The van der Waals surface area contributed by atoms with Gasteiger partial charge in [-0.2, -0.15) is 13.2 Å². The number of alkyl halides is 3. The molecule has 0 amide bonds. The average Bonchev–Trinajstić information content (AvgIpc) is 2.61. The van der Waals surface area contributed by atoms with Crippen molar-refractivity contribution in [2.45, 2.75) is 6.18 Å². The molecule has 2 nitrogen and oxygen atoms in total. The third-order valence-corrected chi connectivity index (χ3v) is 3.42. The van der Waals surface area contributed by atoms with E-state index in [2.05, 4.69) is 0 Å². The lowest BCUT2D eigenvalue weighted by atomic mass is 10.1. The highest BCUT2D eigenvalue weighted by molar-refractivity contribution is 5.54. The van der Waals surface area contributed by atoms with Gasteiger partial charge in [-0.1, -0.05) is 54.6 Å². The fourth-order valence-electron chi connectivity index (χ4n) is 2.18. The van der Waals surface area contributed by atoms with Crippen molar-refractivity contribution in [3.8, 4) is 5.75 Å². The van der Waals surface area contributed by atoms with E-state index in [0.29, 0.717) is 6.61 Å². The van der Waals surface area contributed by atoms with Crippen molar-refractivity contribution in [3.63, 3.8) is 0 Å². The fourth-order valence-corrected chi connectivity index (χ4v) is 2.18. The summed E-state index contributed by atoms with van der Waals surface area (Å²) in [5.41, 5.74) is 0.497. The Morgan fingerprint density at radius 2 is 1.52 bits per heavy atom. The van der Waals surface area contributed by atoms with Crippen molar-refractivity contribution < 1.29 is 22.6 Å². The van der Waals surface area contributed by atoms with E-state index in [0.717, 1.165) is 17.4 Å². The zero-order valence-corrected chi connectivity index (χ0v) is 13.8. The van der Waals surface area contributed by atoms with Crippen LogP contribution in [0, 0.1) is 0 Å². The number of hydrogen-bond donors (Lipinski definition) is 0. The van der Waals surface area contributed by atoms with Gasteiger partial charge in [-0.25, -0.2) is 0 Å². The number of ether oxygens (including phenoxy) is 2. The molecule has 0 fully saturated rings. The summed E-state index contributed by atoms with van der Waals surface area (Å²) in [5, 5.41) is 0. The first-order valence-corrected chi connectivity index (χ1v) is 7.72. The van der Waals surface area contributed by atoms with Gasteiger partial charge in [0.15, 0.2) is 0 Å². The second kappa shape index (κ2) is 9.08. The largest absolute Gasteiger partial charge is 0.497 e. The molecule has 0 radical (unpaired) electrons. The predicted molar refractivity (Wildman–Crippen MR) is 93.3 cm³/mol. The van der Waals surface area contributed by atoms with Gasteiger partial charge < -0.3 is 9.47 Å². The Hall–Kier alpha value is -2.53. The van der Waals surface area contributed by atoms with Gasteiger partial charge in [-0.05, 0) is 29.3 Å². The summed E-state index contributed by atoms with van der Waals surface area (Å²) in [4.78, 5) is 0. The van der Waals surface area contributed by atoms with E-state index in [1.165, 1.54) is 18.2 Å². The van der Waals surface area contributed by atoms with Gasteiger partial charge in [-0.15, -0.1) is 0 Å². The number of benzene rings is 2. The molecular formula is C20H19F3O2. The highest BCUT2D eigenvalue weighted by atomic mass is 19.4. The van der Waals surface area contributed by atoms with Gasteiger partial charge in [0.1, 0.15) is 5.75 Å². The number of hydrogen-bond acceptors (Lipinski definition) is 2. The fraction of sp³-hybridized carbons (Fsp3) is 0.200. The molecule has 25 heavy (non-hydrogen) atoms. The van der Waals surface area contributed by atoms with Crippen molar-refractivity contribution in [2.75, 3.05) is 20.3 Å². The van der Waals surface area contributed by atoms with Crippen molar-refractivity contribution in [2.24, 2.45) is 0 Å². The Labute approximate surface area is 145 Å². The molecule has 2 aromatic carbocycles. The van der Waals surface area contributed by atoms with Gasteiger partial charge in [0.25, 0.3) is 0 Å². The van der Waals surface area contributed by atoms with Gasteiger partial charge in [0.2, 0.25) is 0 Å². The smallest absolute Gasteiger partial charge is 0.416 e. The summed E-state index contributed by atoms with van der Waals surface area (Å²) in [6.07, 6.45) is 2.39. The first kappa shape index (κ1) is 18.8. The van der Waals surface area contributed by atoms with Crippen LogP contribution in [-0.4, -0.2) is 20.3 Å². The minimum atomic E-state index is -4.36. The second-order valence-electron chi connectivity index (χ2n) is 5.20. The quantitative estimate of drug-likeness (QED) is 0.619. The summed E-state index contributed by atoms with van der Waals surface area (Å²) >= 11 is 0. The van der Waals surface area contributed by atoms with Crippen LogP contribution >= 0.6 is 0 Å². The third kappa shape index (κ3) is 6.12. The lowest BCUT2D eigenvalue weighted by molar-refractivity contribution is -0.137. The molecule has 0 aliphatic carbocycles. The van der Waals surface area contributed by atoms with Crippen molar-refractivity contribution in [3.05, 3.63) is 77.4 Å². The van der Waals surface area contributed by atoms with E-state index in [1.807, 2.05) is 36.4 Å². The molecule has 2 aromatic rings. The third-order valence-electron chi connectivity index (χ3n) is 3.42. The van der Waals surface area contributed by atoms with Crippen LogP contribution in [0.2, 0.25) is 0 Å². The lowest BCUT2D eigenvalue weighted by Crippen LogP contribution is -2.06. The normalized spacial score (nSPS) is 12.2. The van der Waals surface area contributed by atoms with E-state index in [1.54, 1.807) is 19.3 Å². The first-order chi connectivity index (χ1) is 12.0. The van der Waals surface area contributed by atoms with Crippen LogP contribution in [-0.2, 0) is 10.9 Å². The molecule has 0 heterocycles. The first-order valence-electron chi connectivity index (χ1n) is 7.72. The van der Waals surface area contributed by atoms with Crippen molar-refractivity contribution in [1.82, 2.24) is 0 Å². The molecular weight excluding hydrogens is 329 g/mol. The second-order valence-corrected chi connectivity index (χ2v) is 5.20. The van der Waals surface area contributed by atoms with Crippen LogP contribution in [0.15, 0.2) is 60.7 Å². The highest BCUT2D eigenvalue weighted by Gasteiger charge is 2.32. The van der Waals surface area contributed by atoms with Crippen molar-refractivity contribution >= 4 is 12.2 Å². The number of rotatable bonds is 7. The number of halogens is 3. The SMILES string of the molecule is COc1ccc(/C=C/COC/C=C/c2ccccc2C(F)(F)F)cc1. The minimum Gasteiger partial charge on any atom is -0.497 e. The molecule has 0 aliphatic rings. The molecule has 0 atom stereocenters. The van der Waals surface area contributed by atoms with Gasteiger partial charge in [0, 0.05) is 0 Å². The molecule has 0 unspecified atom stereocenters. The summed E-state index contributed by atoms with van der Waals surface area (Å²) < 4.78 is 49.0. The van der Waals surface area contributed by atoms with Crippen LogP contribution in [0.1, 0.15) is 16.7 Å². The summed E-state index contributed by atoms with van der Waals surface area (Å²) in [6.45, 7) is 0.608. The molecule has 5 heteroatoms. The molecule has 0 saturated heterocycles. The van der Waals surface area contributed by atoms with Crippen LogP contribution in [0.4, 0.5) is 13.2 Å². The standard InChI is InChI=1S/C20H19F3O2/c1-24-18-12-10-16(11-13-18)6-4-14-25-15-5-8-17-7-2-3-9-19(17)20(21,22)23/h2-13H,14-15H2,1H3/b6-4+,8-5+. The molecule has 0 bridgehead atoms. The Morgan fingerprint density at radius 1 is 0.880 bits per heavy atom. The van der Waals surface area contributed by atoms with E-state index >= 15 is 0 Å². The topological polar surface area (TPSA) is 18.5 Å². The maximum Gasteiger partial charge on any atom is 0.416 e. The van der Waals surface area contributed by atoms with E-state index < -0.39 is 11.7 Å². The van der Waals surface area contributed by atoms with Crippen LogP contribution in [0.3, 0.4) is 0 Å². The molecule has 0 saturated carbocycles. The van der Waals surface area contributed by atoms with Crippen LogP contribution < -0.4 is 4.74 Å². The highest BCUT2D eigenvalue weighted by Crippen LogP contribution is 2.32. The average molecular weight is 348 g/mol. The molecule has 0 aliphatic heterocycles. The molecule has 2 rings (SSSR count). The lowest BCUT2D eigenvalue weighted by Gasteiger charge is -2.09. The molecule has 132 valence electrons. The maximum atomic E-state index is 12.9. The minimum absolute atomic E-state index is 0.132. The van der Waals surface area contributed by atoms with E-state index in [9.17, 15) is 13.2 Å². The summed E-state index contributed by atoms with van der Waals surface area (Å²) in [7, 11) is 1.61. The summed E-state index contributed by atoms with van der Waals surface area (Å²) in [6, 6.07) is 13.0. The van der Waals surface area contributed by atoms with Gasteiger partial charge in [-0.3, -0.25) is 0 Å². The number of methoxy groups -OCH3 is 1. The molecule has 0 spiro atoms. The monoisotopic (exact) mass is 348 g/mol. The zero-order chi connectivity index (χ0) is 18.1. The van der Waals surface area contributed by atoms with Crippen LogP contribution in [0.5, 0.6) is 5.75 Å². The maximum absolute atomic E-state index is 12.9. The molecule has 0 N–H and O–H groups in total. The molecule has 0 aromatic heterocycles. The Kier molecular flexibility index (Phi) is 6.83. The Balaban J connectivity index is 1.79. The Morgan fingerprint density at radius 3 is 2.16 bits per heavy atom. The van der Waals surface area contributed by atoms with Crippen LogP contribution in [0.25, 0.3) is 12.2 Å².